The lowest BCUT2D eigenvalue weighted by molar-refractivity contribution is 0.0146. The molecular weight excluding hydrogens is 206 g/mol. The van der Waals surface area contributed by atoms with E-state index in [0.717, 1.165) is 6.42 Å². The van der Waals surface area contributed by atoms with Crippen LogP contribution >= 0.6 is 0 Å². The first-order valence-electron chi connectivity index (χ1n) is 5.90. The molecule has 1 unspecified atom stereocenters. The average molecular weight is 229 g/mol. The molecule has 16 heavy (non-hydrogen) atoms. The van der Waals surface area contributed by atoms with Crippen LogP contribution in [0.2, 0.25) is 0 Å². The Morgan fingerprint density at radius 3 is 2.44 bits per heavy atom. The standard InChI is InChI=1S/C12H23NO3/c1-12(2,3)16-11(15)13(4)10(8-14)7-9-5-6-9/h9-10,14H,5-8H2,1-4H3. The summed E-state index contributed by atoms with van der Waals surface area (Å²) >= 11 is 0. The van der Waals surface area contributed by atoms with Crippen LogP contribution in [0.15, 0.2) is 0 Å². The lowest BCUT2D eigenvalue weighted by atomic mass is 10.1. The van der Waals surface area contributed by atoms with Crippen LogP contribution in [0.5, 0.6) is 0 Å². The zero-order chi connectivity index (χ0) is 12.3. The van der Waals surface area contributed by atoms with Crippen LogP contribution < -0.4 is 0 Å². The molecule has 0 saturated heterocycles. The molecule has 4 nitrogen and oxygen atoms in total. The SMILES string of the molecule is CN(C(=O)OC(C)(C)C)C(CO)CC1CC1. The number of carbonyl (C=O) groups excluding carboxylic acids is 1. The van der Waals surface area contributed by atoms with E-state index >= 15 is 0 Å². The number of carbonyl (C=O) groups is 1. The maximum absolute atomic E-state index is 11.8. The fourth-order valence-corrected chi connectivity index (χ4v) is 1.58. The summed E-state index contributed by atoms with van der Waals surface area (Å²) in [7, 11) is 1.69. The van der Waals surface area contributed by atoms with Gasteiger partial charge in [-0.25, -0.2) is 4.79 Å². The molecule has 0 aromatic carbocycles. The number of aliphatic hydroxyl groups excluding tert-OH is 1. The van der Waals surface area contributed by atoms with Crippen molar-refractivity contribution < 1.29 is 14.6 Å². The topological polar surface area (TPSA) is 49.8 Å². The minimum Gasteiger partial charge on any atom is -0.444 e. The smallest absolute Gasteiger partial charge is 0.410 e. The molecule has 0 radical (unpaired) electrons. The highest BCUT2D eigenvalue weighted by molar-refractivity contribution is 5.68. The van der Waals surface area contributed by atoms with Crippen LogP contribution in [0.4, 0.5) is 4.79 Å². The minimum absolute atomic E-state index is 0.00619. The van der Waals surface area contributed by atoms with Gasteiger partial charge in [0.15, 0.2) is 0 Å². The summed E-state index contributed by atoms with van der Waals surface area (Å²) in [6, 6.07) is -0.109. The van der Waals surface area contributed by atoms with Gasteiger partial charge in [-0.05, 0) is 33.1 Å². The van der Waals surface area contributed by atoms with Crippen molar-refractivity contribution in [2.45, 2.75) is 51.7 Å². The number of ether oxygens (including phenoxy) is 1. The molecule has 0 aromatic rings. The molecule has 0 aromatic heterocycles. The third-order valence-corrected chi connectivity index (χ3v) is 2.74. The summed E-state index contributed by atoms with van der Waals surface area (Å²) < 4.78 is 5.26. The number of nitrogens with zero attached hydrogens (tertiary/aromatic N) is 1. The molecule has 1 N–H and O–H groups in total. The van der Waals surface area contributed by atoms with Crippen LogP contribution in [0.25, 0.3) is 0 Å². The summed E-state index contributed by atoms with van der Waals surface area (Å²) in [6.07, 6.45) is 2.97. The lowest BCUT2D eigenvalue weighted by Gasteiger charge is -2.29. The van der Waals surface area contributed by atoms with E-state index < -0.39 is 5.60 Å². The molecule has 4 heteroatoms. The molecule has 1 atom stereocenters. The van der Waals surface area contributed by atoms with Gasteiger partial charge in [0.1, 0.15) is 5.60 Å². The first-order valence-corrected chi connectivity index (χ1v) is 5.90. The Morgan fingerprint density at radius 2 is 2.06 bits per heavy atom. The Morgan fingerprint density at radius 1 is 1.50 bits per heavy atom. The maximum atomic E-state index is 11.8. The van der Waals surface area contributed by atoms with Crippen molar-refractivity contribution in [1.29, 1.82) is 0 Å². The molecule has 1 amide bonds. The molecule has 94 valence electrons. The summed E-state index contributed by atoms with van der Waals surface area (Å²) in [5, 5.41) is 9.27. The van der Waals surface area contributed by atoms with Crippen molar-refractivity contribution in [2.24, 2.45) is 5.92 Å². The van der Waals surface area contributed by atoms with Crippen LogP contribution in [0, 0.1) is 5.92 Å². The van der Waals surface area contributed by atoms with Gasteiger partial charge in [-0.3, -0.25) is 0 Å². The lowest BCUT2D eigenvalue weighted by Crippen LogP contribution is -2.42. The largest absolute Gasteiger partial charge is 0.444 e. The van der Waals surface area contributed by atoms with Gasteiger partial charge in [0, 0.05) is 7.05 Å². The Labute approximate surface area is 97.6 Å². The van der Waals surface area contributed by atoms with E-state index in [1.54, 1.807) is 7.05 Å². The first-order chi connectivity index (χ1) is 7.33. The molecule has 1 fully saturated rings. The van der Waals surface area contributed by atoms with Crippen LogP contribution in [0.1, 0.15) is 40.0 Å². The normalized spacial score (nSPS) is 18.1. The predicted octanol–water partition coefficient (Wildman–Crippen LogP) is 2.01. The van der Waals surface area contributed by atoms with Crippen LogP contribution in [-0.4, -0.2) is 41.4 Å². The number of likely N-dealkylation sites (N-methyl/N-ethyl adjacent to an activating group) is 1. The summed E-state index contributed by atoms with van der Waals surface area (Å²) in [6.45, 7) is 5.53. The van der Waals surface area contributed by atoms with E-state index in [1.165, 1.54) is 17.7 Å². The second kappa shape index (κ2) is 5.04. The van der Waals surface area contributed by atoms with Gasteiger partial charge in [0.2, 0.25) is 0 Å². The fraction of sp³-hybridized carbons (Fsp3) is 0.917. The zero-order valence-electron chi connectivity index (χ0n) is 10.7. The van der Waals surface area contributed by atoms with Crippen molar-refractivity contribution in [1.82, 2.24) is 4.90 Å². The van der Waals surface area contributed by atoms with Gasteiger partial charge in [-0.1, -0.05) is 12.8 Å². The highest BCUT2D eigenvalue weighted by atomic mass is 16.6. The molecule has 1 rings (SSSR count). The third-order valence-electron chi connectivity index (χ3n) is 2.74. The van der Waals surface area contributed by atoms with Crippen molar-refractivity contribution in [2.75, 3.05) is 13.7 Å². The quantitative estimate of drug-likeness (QED) is 0.802. The molecule has 0 aliphatic heterocycles. The van der Waals surface area contributed by atoms with Crippen molar-refractivity contribution in [3.05, 3.63) is 0 Å². The predicted molar refractivity (Wildman–Crippen MR) is 62.2 cm³/mol. The maximum Gasteiger partial charge on any atom is 0.410 e. The van der Waals surface area contributed by atoms with E-state index in [9.17, 15) is 9.90 Å². The monoisotopic (exact) mass is 229 g/mol. The first kappa shape index (κ1) is 13.3. The molecule has 0 heterocycles. The van der Waals surface area contributed by atoms with Gasteiger partial charge in [0.25, 0.3) is 0 Å². The van der Waals surface area contributed by atoms with Gasteiger partial charge in [0.05, 0.1) is 12.6 Å². The Balaban J connectivity index is 2.45. The van der Waals surface area contributed by atoms with E-state index in [2.05, 4.69) is 0 Å². The number of amides is 1. The van der Waals surface area contributed by atoms with Crippen molar-refractivity contribution in [3.63, 3.8) is 0 Å². The Bertz CT molecular complexity index is 243. The number of rotatable bonds is 4. The minimum atomic E-state index is -0.481. The second-order valence-corrected chi connectivity index (χ2v) is 5.61. The molecular formula is C12H23NO3. The van der Waals surface area contributed by atoms with Crippen molar-refractivity contribution in [3.8, 4) is 0 Å². The zero-order valence-corrected chi connectivity index (χ0v) is 10.7. The fourth-order valence-electron chi connectivity index (χ4n) is 1.58. The summed E-state index contributed by atoms with van der Waals surface area (Å²) in [5.74, 6) is 0.682. The van der Waals surface area contributed by atoms with Crippen LogP contribution in [0.3, 0.4) is 0 Å². The summed E-state index contributed by atoms with van der Waals surface area (Å²) in [5.41, 5.74) is -0.481. The highest BCUT2D eigenvalue weighted by Crippen LogP contribution is 2.34. The molecule has 1 aliphatic rings. The van der Waals surface area contributed by atoms with Gasteiger partial charge >= 0.3 is 6.09 Å². The van der Waals surface area contributed by atoms with E-state index in [-0.39, 0.29) is 18.7 Å². The Hall–Kier alpha value is -0.770. The van der Waals surface area contributed by atoms with Gasteiger partial charge in [-0.2, -0.15) is 0 Å². The van der Waals surface area contributed by atoms with Gasteiger partial charge < -0.3 is 14.7 Å². The van der Waals surface area contributed by atoms with E-state index in [1.807, 2.05) is 20.8 Å². The van der Waals surface area contributed by atoms with Crippen LogP contribution in [-0.2, 0) is 4.74 Å². The summed E-state index contributed by atoms with van der Waals surface area (Å²) in [4.78, 5) is 13.3. The molecule has 1 saturated carbocycles. The van der Waals surface area contributed by atoms with Gasteiger partial charge in [-0.15, -0.1) is 0 Å². The number of aliphatic hydroxyl groups is 1. The van der Waals surface area contributed by atoms with Crippen molar-refractivity contribution >= 4 is 6.09 Å². The van der Waals surface area contributed by atoms with E-state index in [0.29, 0.717) is 5.92 Å². The molecule has 1 aliphatic carbocycles. The Kier molecular flexibility index (Phi) is 4.19. The average Bonchev–Trinajstić information content (AvgIpc) is 2.93. The highest BCUT2D eigenvalue weighted by Gasteiger charge is 2.30. The third kappa shape index (κ3) is 4.39. The van der Waals surface area contributed by atoms with E-state index in [4.69, 9.17) is 4.74 Å². The number of hydrogen-bond acceptors (Lipinski definition) is 3. The second-order valence-electron chi connectivity index (χ2n) is 5.61. The molecule has 0 spiro atoms. The number of hydrogen-bond donors (Lipinski definition) is 1. The molecule has 0 bridgehead atoms.